The molecule has 4 heteroatoms. The zero-order valence-corrected chi connectivity index (χ0v) is 26.4. The summed E-state index contributed by atoms with van der Waals surface area (Å²) in [7, 11) is 0. The van der Waals surface area contributed by atoms with Crippen molar-refractivity contribution in [3.63, 3.8) is 0 Å². The Balaban J connectivity index is 1.30. The van der Waals surface area contributed by atoms with E-state index in [1.54, 1.807) is 0 Å². The second kappa shape index (κ2) is 12.1. The van der Waals surface area contributed by atoms with Crippen molar-refractivity contribution in [2.45, 2.75) is 38.5 Å². The first-order chi connectivity index (χ1) is 21.7. The van der Waals surface area contributed by atoms with Gasteiger partial charge in [-0.15, -0.1) is 0 Å². The fourth-order valence-corrected chi connectivity index (χ4v) is 6.70. The second-order valence-corrected chi connectivity index (χ2v) is 12.7. The Morgan fingerprint density at radius 3 is 1.91 bits per heavy atom. The summed E-state index contributed by atoms with van der Waals surface area (Å²) in [6.07, 6.45) is 10.4. The number of carbonyl (C=O) groups is 2. The maximum atomic E-state index is 13.3. The summed E-state index contributed by atoms with van der Waals surface area (Å²) in [5.74, 6) is 0.171. The van der Waals surface area contributed by atoms with E-state index in [0.717, 1.165) is 22.8 Å². The van der Waals surface area contributed by atoms with Crippen molar-refractivity contribution in [3.05, 3.63) is 168 Å². The second-order valence-electron chi connectivity index (χ2n) is 12.7. The number of anilines is 1. The van der Waals surface area contributed by atoms with Crippen LogP contribution in [-0.2, 0) is 10.8 Å². The molecular formula is C41H39N2O2+. The van der Waals surface area contributed by atoms with Gasteiger partial charge in [-0.3, -0.25) is 9.59 Å². The van der Waals surface area contributed by atoms with Crippen LogP contribution in [0.3, 0.4) is 0 Å². The number of allylic oxidation sites excluding steroid dienone is 6. The van der Waals surface area contributed by atoms with Gasteiger partial charge < -0.3 is 4.90 Å². The third kappa shape index (κ3) is 5.64. The smallest absolute Gasteiger partial charge is 0.227 e. The number of rotatable bonds is 9. The first-order valence-electron chi connectivity index (χ1n) is 15.5. The molecule has 4 nitrogen and oxygen atoms in total. The standard InChI is InChI=1S/C41H39N2O2/c1-40(2)32-22-14-16-24-34(32)42(28-36(44)30-18-8-5-9-19-30)38(40)26-12-7-13-27-39-41(3,4)33-23-15-17-25-35(33)43(39)29-37(45)31-20-10-6-11-21-31/h5-27H,28-29H2,1-4H3/q+1. The van der Waals surface area contributed by atoms with Crippen LogP contribution in [0.1, 0.15) is 59.5 Å². The van der Waals surface area contributed by atoms with Crippen molar-refractivity contribution in [3.8, 4) is 0 Å². The molecule has 0 aliphatic carbocycles. The van der Waals surface area contributed by atoms with Crippen LogP contribution in [0, 0.1) is 0 Å². The molecule has 2 aliphatic rings. The molecule has 2 heterocycles. The Bertz CT molecular complexity index is 1880. The molecule has 4 aromatic rings. The van der Waals surface area contributed by atoms with E-state index in [9.17, 15) is 9.59 Å². The molecule has 4 aromatic carbocycles. The lowest BCUT2D eigenvalue weighted by molar-refractivity contribution is -0.422. The van der Waals surface area contributed by atoms with Crippen LogP contribution < -0.4 is 4.90 Å². The van der Waals surface area contributed by atoms with Crippen molar-refractivity contribution in [2.24, 2.45) is 0 Å². The average molecular weight is 592 g/mol. The number of para-hydroxylation sites is 2. The van der Waals surface area contributed by atoms with Crippen molar-refractivity contribution in [1.29, 1.82) is 0 Å². The summed E-state index contributed by atoms with van der Waals surface area (Å²) < 4.78 is 2.15. The zero-order chi connectivity index (χ0) is 31.6. The number of carbonyl (C=O) groups excluding carboxylic acids is 2. The molecule has 0 unspecified atom stereocenters. The van der Waals surface area contributed by atoms with E-state index < -0.39 is 0 Å². The van der Waals surface area contributed by atoms with Crippen LogP contribution in [0.15, 0.2) is 145 Å². The molecule has 0 radical (unpaired) electrons. The van der Waals surface area contributed by atoms with Gasteiger partial charge in [0.1, 0.15) is 0 Å². The average Bonchev–Trinajstić information content (AvgIpc) is 3.40. The largest absolute Gasteiger partial charge is 0.336 e. The van der Waals surface area contributed by atoms with Crippen LogP contribution in [0.5, 0.6) is 0 Å². The van der Waals surface area contributed by atoms with Gasteiger partial charge in [0.2, 0.25) is 18.0 Å². The summed E-state index contributed by atoms with van der Waals surface area (Å²) in [5.41, 5.74) is 7.61. The van der Waals surface area contributed by atoms with Gasteiger partial charge in [-0.25, -0.2) is 0 Å². The number of hydrogen-bond acceptors (Lipinski definition) is 3. The van der Waals surface area contributed by atoms with Crippen molar-refractivity contribution in [1.82, 2.24) is 0 Å². The fourth-order valence-electron chi connectivity index (χ4n) is 6.70. The SMILES string of the molecule is CC1(C)C(/C=C/C=C/C=C2/N(CC(=O)c3ccccc3)c3ccccc3C2(C)C)=[N+](CC(=O)c2ccccc2)c2ccccc21. The normalized spacial score (nSPS) is 17.3. The van der Waals surface area contributed by atoms with Crippen LogP contribution in [0.2, 0.25) is 0 Å². The Morgan fingerprint density at radius 2 is 1.22 bits per heavy atom. The van der Waals surface area contributed by atoms with Crippen LogP contribution in [0.25, 0.3) is 0 Å². The van der Waals surface area contributed by atoms with Crippen LogP contribution >= 0.6 is 0 Å². The molecule has 0 aromatic heterocycles. The predicted octanol–water partition coefficient (Wildman–Crippen LogP) is 8.62. The van der Waals surface area contributed by atoms with E-state index in [0.29, 0.717) is 11.1 Å². The van der Waals surface area contributed by atoms with Gasteiger partial charge in [0.05, 0.1) is 12.0 Å². The van der Waals surface area contributed by atoms with Gasteiger partial charge in [0.25, 0.3) is 0 Å². The van der Waals surface area contributed by atoms with Crippen LogP contribution in [0.4, 0.5) is 11.4 Å². The molecule has 0 saturated carbocycles. The maximum Gasteiger partial charge on any atom is 0.227 e. The Hall–Kier alpha value is -5.09. The molecule has 6 rings (SSSR count). The number of nitrogens with zero attached hydrogens (tertiary/aromatic N) is 2. The van der Waals surface area contributed by atoms with E-state index in [-0.39, 0.29) is 35.5 Å². The Kier molecular flexibility index (Phi) is 8.07. The van der Waals surface area contributed by atoms with Crippen LogP contribution in [-0.4, -0.2) is 34.9 Å². The topological polar surface area (TPSA) is 40.4 Å². The summed E-state index contributed by atoms with van der Waals surface area (Å²) in [6, 6.07) is 35.7. The van der Waals surface area contributed by atoms with E-state index in [1.165, 1.54) is 11.1 Å². The zero-order valence-electron chi connectivity index (χ0n) is 26.4. The third-order valence-electron chi connectivity index (χ3n) is 9.12. The highest BCUT2D eigenvalue weighted by atomic mass is 16.1. The number of fused-ring (bicyclic) bond motifs is 2. The lowest BCUT2D eigenvalue weighted by atomic mass is 9.81. The highest BCUT2D eigenvalue weighted by Crippen LogP contribution is 2.47. The lowest BCUT2D eigenvalue weighted by Crippen LogP contribution is -2.31. The fraction of sp³-hybridized carbons (Fsp3) is 0.195. The van der Waals surface area contributed by atoms with Gasteiger partial charge in [0, 0.05) is 45.6 Å². The predicted molar refractivity (Wildman–Crippen MR) is 184 cm³/mol. The Morgan fingerprint density at radius 1 is 0.644 bits per heavy atom. The van der Waals surface area contributed by atoms with E-state index in [4.69, 9.17) is 0 Å². The van der Waals surface area contributed by atoms with E-state index in [2.05, 4.69) is 97.9 Å². The Labute approximate surface area is 266 Å². The van der Waals surface area contributed by atoms with E-state index >= 15 is 0 Å². The number of Topliss-reactive ketones (excluding diaryl/α,β-unsaturated/α-hetero) is 2. The molecule has 0 fully saturated rings. The molecule has 2 aliphatic heterocycles. The minimum Gasteiger partial charge on any atom is -0.336 e. The minimum absolute atomic E-state index is 0.0856. The summed E-state index contributed by atoms with van der Waals surface area (Å²) in [6.45, 7) is 9.39. The van der Waals surface area contributed by atoms with Gasteiger partial charge in [-0.1, -0.05) is 129 Å². The summed E-state index contributed by atoms with van der Waals surface area (Å²) in [4.78, 5) is 28.8. The molecule has 0 bridgehead atoms. The monoisotopic (exact) mass is 591 g/mol. The first-order valence-corrected chi connectivity index (χ1v) is 15.5. The first kappa shape index (κ1) is 30.0. The molecule has 0 atom stereocenters. The molecule has 224 valence electrons. The molecule has 0 saturated heterocycles. The van der Waals surface area contributed by atoms with Crippen molar-refractivity contribution in [2.75, 3.05) is 18.0 Å². The third-order valence-corrected chi connectivity index (χ3v) is 9.12. The van der Waals surface area contributed by atoms with Crippen molar-refractivity contribution < 1.29 is 14.2 Å². The maximum absolute atomic E-state index is 13.3. The quantitative estimate of drug-likeness (QED) is 0.111. The van der Waals surface area contributed by atoms with Gasteiger partial charge in [0.15, 0.2) is 11.5 Å². The highest BCUT2D eigenvalue weighted by molar-refractivity contribution is 6.05. The lowest BCUT2D eigenvalue weighted by Gasteiger charge is -2.26. The summed E-state index contributed by atoms with van der Waals surface area (Å²) in [5, 5.41) is 0. The molecule has 45 heavy (non-hydrogen) atoms. The van der Waals surface area contributed by atoms with E-state index in [1.807, 2.05) is 78.9 Å². The van der Waals surface area contributed by atoms with Gasteiger partial charge in [-0.2, -0.15) is 4.58 Å². The highest BCUT2D eigenvalue weighted by Gasteiger charge is 2.45. The van der Waals surface area contributed by atoms with Gasteiger partial charge >= 0.3 is 0 Å². The summed E-state index contributed by atoms with van der Waals surface area (Å²) >= 11 is 0. The molecular weight excluding hydrogens is 552 g/mol. The molecule has 0 spiro atoms. The number of hydrogen-bond donors (Lipinski definition) is 0. The molecule has 0 amide bonds. The molecule has 0 N–H and O–H groups in total. The van der Waals surface area contributed by atoms with Crippen molar-refractivity contribution >= 4 is 28.7 Å². The van der Waals surface area contributed by atoms with Gasteiger partial charge in [-0.05, 0) is 31.6 Å². The minimum atomic E-state index is -0.264. The number of benzene rings is 4. The number of ketones is 2.